The molecule has 0 unspecified atom stereocenters. The lowest BCUT2D eigenvalue weighted by molar-refractivity contribution is 0.242. The molecule has 0 atom stereocenters. The molecule has 2 rings (SSSR count). The fraction of sp³-hybridized carbons (Fsp3) is 0.400. The Bertz CT molecular complexity index is 558. The first-order valence-electron chi connectivity index (χ1n) is 6.40. The zero-order chi connectivity index (χ0) is 14.0. The van der Waals surface area contributed by atoms with Crippen LogP contribution >= 0.6 is 15.9 Å². The average molecular weight is 323 g/mol. The molecule has 1 heterocycles. The van der Waals surface area contributed by atoms with Gasteiger partial charge in [-0.25, -0.2) is 4.98 Å². The standard InChI is InChI=1S/C15H19BrN2O/c1-10(2)19-13-7-5-12(6-8-13)9-14-15(16)18(4)11(3)17-14/h5-8,10H,9H2,1-4H3. The minimum atomic E-state index is 0.207. The molecule has 3 nitrogen and oxygen atoms in total. The molecule has 0 aliphatic carbocycles. The summed E-state index contributed by atoms with van der Waals surface area (Å²) in [7, 11) is 2.01. The van der Waals surface area contributed by atoms with Crippen molar-refractivity contribution in [3.05, 3.63) is 46.0 Å². The van der Waals surface area contributed by atoms with Crippen molar-refractivity contribution in [2.24, 2.45) is 7.05 Å². The van der Waals surface area contributed by atoms with Gasteiger partial charge in [-0.15, -0.1) is 0 Å². The number of ether oxygens (including phenoxy) is 1. The number of rotatable bonds is 4. The average Bonchev–Trinajstić information content (AvgIpc) is 2.59. The van der Waals surface area contributed by atoms with Crippen LogP contribution in [0.2, 0.25) is 0 Å². The van der Waals surface area contributed by atoms with Crippen molar-refractivity contribution in [2.75, 3.05) is 0 Å². The SMILES string of the molecule is Cc1nc(Cc2ccc(OC(C)C)cc2)c(Br)n1C. The Balaban J connectivity index is 2.13. The van der Waals surface area contributed by atoms with Gasteiger partial charge in [0.25, 0.3) is 0 Å². The summed E-state index contributed by atoms with van der Waals surface area (Å²) in [5.41, 5.74) is 2.30. The van der Waals surface area contributed by atoms with E-state index in [4.69, 9.17) is 4.74 Å². The molecule has 0 N–H and O–H groups in total. The molecular weight excluding hydrogens is 304 g/mol. The van der Waals surface area contributed by atoms with E-state index < -0.39 is 0 Å². The minimum absolute atomic E-state index is 0.207. The summed E-state index contributed by atoms with van der Waals surface area (Å²) in [4.78, 5) is 4.56. The molecule has 1 aromatic heterocycles. The molecule has 4 heteroatoms. The van der Waals surface area contributed by atoms with Crippen molar-refractivity contribution < 1.29 is 4.74 Å². The summed E-state index contributed by atoms with van der Waals surface area (Å²) < 4.78 is 8.73. The Morgan fingerprint density at radius 2 is 1.89 bits per heavy atom. The Labute approximate surface area is 122 Å². The largest absolute Gasteiger partial charge is 0.491 e. The van der Waals surface area contributed by atoms with Gasteiger partial charge >= 0.3 is 0 Å². The van der Waals surface area contributed by atoms with E-state index in [1.807, 2.05) is 44.5 Å². The second-order valence-corrected chi connectivity index (χ2v) is 5.69. The van der Waals surface area contributed by atoms with Crippen LogP contribution in [-0.2, 0) is 13.5 Å². The molecule has 0 spiro atoms. The fourth-order valence-corrected chi connectivity index (χ4v) is 2.40. The lowest BCUT2D eigenvalue weighted by Gasteiger charge is -2.09. The van der Waals surface area contributed by atoms with Crippen molar-refractivity contribution in [2.45, 2.75) is 33.3 Å². The van der Waals surface area contributed by atoms with Gasteiger partial charge in [-0.3, -0.25) is 0 Å². The molecule has 0 fully saturated rings. The van der Waals surface area contributed by atoms with E-state index in [0.29, 0.717) is 0 Å². The number of aryl methyl sites for hydroxylation is 1. The van der Waals surface area contributed by atoms with Crippen LogP contribution in [0.15, 0.2) is 28.9 Å². The van der Waals surface area contributed by atoms with E-state index in [9.17, 15) is 0 Å². The highest BCUT2D eigenvalue weighted by Crippen LogP contribution is 2.21. The van der Waals surface area contributed by atoms with E-state index in [0.717, 1.165) is 28.3 Å². The molecule has 19 heavy (non-hydrogen) atoms. The number of imidazole rings is 1. The predicted octanol–water partition coefficient (Wildman–Crippen LogP) is 3.87. The normalized spacial score (nSPS) is 11.1. The summed E-state index contributed by atoms with van der Waals surface area (Å²) in [6.45, 7) is 6.07. The van der Waals surface area contributed by atoms with Crippen LogP contribution in [0.1, 0.15) is 30.9 Å². The number of hydrogen-bond donors (Lipinski definition) is 0. The van der Waals surface area contributed by atoms with Gasteiger partial charge in [0.2, 0.25) is 0 Å². The van der Waals surface area contributed by atoms with Crippen LogP contribution in [0.3, 0.4) is 0 Å². The smallest absolute Gasteiger partial charge is 0.119 e. The first-order chi connectivity index (χ1) is 8.97. The van der Waals surface area contributed by atoms with Crippen LogP contribution in [0, 0.1) is 6.92 Å². The molecular formula is C15H19BrN2O. The first kappa shape index (κ1) is 14.1. The second-order valence-electron chi connectivity index (χ2n) is 4.94. The van der Waals surface area contributed by atoms with Crippen molar-refractivity contribution in [3.63, 3.8) is 0 Å². The summed E-state index contributed by atoms with van der Waals surface area (Å²) >= 11 is 3.58. The van der Waals surface area contributed by atoms with Gasteiger partial charge in [-0.2, -0.15) is 0 Å². The second kappa shape index (κ2) is 5.78. The minimum Gasteiger partial charge on any atom is -0.491 e. The van der Waals surface area contributed by atoms with E-state index in [1.54, 1.807) is 0 Å². The molecule has 1 aromatic carbocycles. The zero-order valence-corrected chi connectivity index (χ0v) is 13.4. The number of aromatic nitrogens is 2. The third-order valence-electron chi connectivity index (χ3n) is 2.98. The van der Waals surface area contributed by atoms with E-state index in [2.05, 4.69) is 33.0 Å². The fourth-order valence-electron chi connectivity index (χ4n) is 1.92. The monoisotopic (exact) mass is 322 g/mol. The summed E-state index contributed by atoms with van der Waals surface area (Å²) in [6, 6.07) is 8.21. The van der Waals surface area contributed by atoms with E-state index >= 15 is 0 Å². The molecule has 0 bridgehead atoms. The van der Waals surface area contributed by atoms with Gasteiger partial charge in [0.15, 0.2) is 0 Å². The first-order valence-corrected chi connectivity index (χ1v) is 7.20. The molecule has 0 radical (unpaired) electrons. The number of benzene rings is 1. The van der Waals surface area contributed by atoms with E-state index in [-0.39, 0.29) is 6.10 Å². The lowest BCUT2D eigenvalue weighted by Crippen LogP contribution is -2.05. The van der Waals surface area contributed by atoms with Gasteiger partial charge in [0.1, 0.15) is 16.2 Å². The molecule has 2 aromatic rings. The number of halogens is 1. The molecule has 0 amide bonds. The third-order valence-corrected chi connectivity index (χ3v) is 3.97. The van der Waals surface area contributed by atoms with Gasteiger partial charge in [0, 0.05) is 13.5 Å². The third kappa shape index (κ3) is 3.38. The number of nitrogens with zero attached hydrogens (tertiary/aromatic N) is 2. The Kier molecular flexibility index (Phi) is 4.30. The van der Waals surface area contributed by atoms with Gasteiger partial charge < -0.3 is 9.30 Å². The molecule has 0 aliphatic heterocycles. The van der Waals surface area contributed by atoms with Crippen molar-refractivity contribution in [3.8, 4) is 5.75 Å². The molecule has 0 saturated heterocycles. The number of hydrogen-bond acceptors (Lipinski definition) is 2. The van der Waals surface area contributed by atoms with Crippen LogP contribution in [0.4, 0.5) is 0 Å². The van der Waals surface area contributed by atoms with Crippen LogP contribution in [-0.4, -0.2) is 15.7 Å². The van der Waals surface area contributed by atoms with Crippen LogP contribution in [0.25, 0.3) is 0 Å². The van der Waals surface area contributed by atoms with Crippen molar-refractivity contribution >= 4 is 15.9 Å². The maximum Gasteiger partial charge on any atom is 0.119 e. The van der Waals surface area contributed by atoms with E-state index in [1.165, 1.54) is 5.56 Å². The predicted molar refractivity (Wildman–Crippen MR) is 80.7 cm³/mol. The van der Waals surface area contributed by atoms with Gasteiger partial charge in [-0.05, 0) is 54.4 Å². The summed E-state index contributed by atoms with van der Waals surface area (Å²) in [5, 5.41) is 0. The van der Waals surface area contributed by atoms with Gasteiger partial charge in [-0.1, -0.05) is 12.1 Å². The highest BCUT2D eigenvalue weighted by Gasteiger charge is 2.10. The molecule has 0 saturated carbocycles. The topological polar surface area (TPSA) is 27.1 Å². The Morgan fingerprint density at radius 1 is 1.26 bits per heavy atom. The maximum atomic E-state index is 5.64. The summed E-state index contributed by atoms with van der Waals surface area (Å²) in [6.07, 6.45) is 1.03. The zero-order valence-electron chi connectivity index (χ0n) is 11.8. The Morgan fingerprint density at radius 3 is 2.37 bits per heavy atom. The molecule has 0 aliphatic rings. The quantitative estimate of drug-likeness (QED) is 0.854. The lowest BCUT2D eigenvalue weighted by atomic mass is 10.1. The highest BCUT2D eigenvalue weighted by molar-refractivity contribution is 9.10. The maximum absolute atomic E-state index is 5.64. The summed E-state index contributed by atoms with van der Waals surface area (Å²) in [5.74, 6) is 1.93. The van der Waals surface area contributed by atoms with Crippen molar-refractivity contribution in [1.29, 1.82) is 0 Å². The van der Waals surface area contributed by atoms with Crippen molar-refractivity contribution in [1.82, 2.24) is 9.55 Å². The highest BCUT2D eigenvalue weighted by atomic mass is 79.9. The van der Waals surface area contributed by atoms with Crippen LogP contribution in [0.5, 0.6) is 5.75 Å². The van der Waals surface area contributed by atoms with Crippen LogP contribution < -0.4 is 4.74 Å². The van der Waals surface area contributed by atoms with Gasteiger partial charge in [0.05, 0.1) is 11.8 Å². The Hall–Kier alpha value is -1.29. The molecule has 102 valence electrons.